The van der Waals surface area contributed by atoms with Crippen molar-refractivity contribution in [3.05, 3.63) is 23.2 Å². The second kappa shape index (κ2) is 5.44. The number of nitrogens with two attached hydrogens (primary N) is 1. The van der Waals surface area contributed by atoms with E-state index in [0.717, 1.165) is 19.4 Å². The first kappa shape index (κ1) is 13.6. The molecule has 100 valence electrons. The molecular formula is C11H15ClN2O3S. The molecule has 1 atom stereocenters. The van der Waals surface area contributed by atoms with Gasteiger partial charge in [-0.1, -0.05) is 11.6 Å². The van der Waals surface area contributed by atoms with E-state index in [0.29, 0.717) is 17.3 Å². The summed E-state index contributed by atoms with van der Waals surface area (Å²) in [6.45, 7) is 1.38. The van der Waals surface area contributed by atoms with Crippen LogP contribution in [-0.4, -0.2) is 27.7 Å². The van der Waals surface area contributed by atoms with E-state index >= 15 is 0 Å². The Labute approximate surface area is 111 Å². The lowest BCUT2D eigenvalue weighted by atomic mass is 10.2. The fourth-order valence-electron chi connectivity index (χ4n) is 1.85. The molecular weight excluding hydrogens is 276 g/mol. The zero-order valence-corrected chi connectivity index (χ0v) is 11.3. The molecule has 1 aromatic carbocycles. The van der Waals surface area contributed by atoms with Crippen molar-refractivity contribution in [3.8, 4) is 0 Å². The van der Waals surface area contributed by atoms with Crippen LogP contribution in [0.2, 0.25) is 5.02 Å². The number of nitrogens with one attached hydrogen (secondary N) is 1. The molecule has 0 amide bonds. The van der Waals surface area contributed by atoms with Crippen LogP contribution < -0.4 is 10.5 Å². The minimum absolute atomic E-state index is 0.0433. The standard InChI is InChI=1S/C11H15ClN2O3S/c12-10-4-3-9(18(13,15)16)6-11(10)14-7-8-2-1-5-17-8/h3-4,6,8,14H,1-2,5,7H2,(H2,13,15,16). The average Bonchev–Trinajstić information content (AvgIpc) is 2.79. The zero-order chi connectivity index (χ0) is 13.2. The predicted molar refractivity (Wildman–Crippen MR) is 70.3 cm³/mol. The normalized spacial score (nSPS) is 20.0. The van der Waals surface area contributed by atoms with Crippen molar-refractivity contribution in [1.82, 2.24) is 0 Å². The first-order valence-electron chi connectivity index (χ1n) is 5.64. The van der Waals surface area contributed by atoms with Crippen LogP contribution in [-0.2, 0) is 14.8 Å². The van der Waals surface area contributed by atoms with E-state index in [1.807, 2.05) is 0 Å². The van der Waals surface area contributed by atoms with Crippen molar-refractivity contribution in [2.75, 3.05) is 18.5 Å². The Morgan fingerprint density at radius 2 is 2.28 bits per heavy atom. The average molecular weight is 291 g/mol. The van der Waals surface area contributed by atoms with Crippen LogP contribution in [0.3, 0.4) is 0 Å². The maximum Gasteiger partial charge on any atom is 0.238 e. The van der Waals surface area contributed by atoms with Crippen LogP contribution in [0.1, 0.15) is 12.8 Å². The van der Waals surface area contributed by atoms with Gasteiger partial charge in [0, 0.05) is 13.2 Å². The van der Waals surface area contributed by atoms with Gasteiger partial charge in [-0.15, -0.1) is 0 Å². The number of primary sulfonamides is 1. The highest BCUT2D eigenvalue weighted by molar-refractivity contribution is 7.89. The summed E-state index contributed by atoms with van der Waals surface area (Å²) in [7, 11) is -3.71. The molecule has 1 aromatic rings. The number of benzene rings is 1. The molecule has 1 aliphatic heterocycles. The molecule has 2 rings (SSSR count). The quantitative estimate of drug-likeness (QED) is 0.882. The van der Waals surface area contributed by atoms with E-state index in [1.165, 1.54) is 18.2 Å². The van der Waals surface area contributed by atoms with E-state index in [1.54, 1.807) is 0 Å². The number of sulfonamides is 1. The van der Waals surface area contributed by atoms with Gasteiger partial charge in [0.1, 0.15) is 0 Å². The summed E-state index contributed by atoms with van der Waals surface area (Å²) in [6, 6.07) is 4.33. The van der Waals surface area contributed by atoms with Gasteiger partial charge < -0.3 is 10.1 Å². The summed E-state index contributed by atoms with van der Waals surface area (Å²) < 4.78 is 27.9. The third-order valence-corrected chi connectivity index (χ3v) is 4.05. The molecule has 0 radical (unpaired) electrons. The zero-order valence-electron chi connectivity index (χ0n) is 9.73. The van der Waals surface area contributed by atoms with E-state index in [4.69, 9.17) is 21.5 Å². The lowest BCUT2D eigenvalue weighted by Crippen LogP contribution is -2.19. The number of anilines is 1. The Morgan fingerprint density at radius 3 is 2.89 bits per heavy atom. The van der Waals surface area contributed by atoms with Crippen molar-refractivity contribution >= 4 is 27.3 Å². The molecule has 1 aliphatic rings. The Bertz CT molecular complexity index is 527. The summed E-state index contributed by atoms with van der Waals surface area (Å²) in [4.78, 5) is 0.0433. The lowest BCUT2D eigenvalue weighted by molar-refractivity contribution is 0.120. The molecule has 0 aliphatic carbocycles. The second-order valence-electron chi connectivity index (χ2n) is 4.20. The molecule has 5 nitrogen and oxygen atoms in total. The lowest BCUT2D eigenvalue weighted by Gasteiger charge is -2.13. The van der Waals surface area contributed by atoms with Gasteiger partial charge in [-0.2, -0.15) is 0 Å². The first-order valence-corrected chi connectivity index (χ1v) is 7.57. The molecule has 1 unspecified atom stereocenters. The van der Waals surface area contributed by atoms with E-state index in [2.05, 4.69) is 5.32 Å². The maximum atomic E-state index is 11.2. The van der Waals surface area contributed by atoms with Gasteiger partial charge in [0.2, 0.25) is 10.0 Å². The van der Waals surface area contributed by atoms with E-state index in [-0.39, 0.29) is 11.0 Å². The summed E-state index contributed by atoms with van der Waals surface area (Å²) in [5.41, 5.74) is 0.554. The van der Waals surface area contributed by atoms with Crippen molar-refractivity contribution in [3.63, 3.8) is 0 Å². The molecule has 0 aromatic heterocycles. The molecule has 0 spiro atoms. The summed E-state index contributed by atoms with van der Waals surface area (Å²) in [5, 5.41) is 8.62. The first-order chi connectivity index (χ1) is 8.47. The Morgan fingerprint density at radius 1 is 1.50 bits per heavy atom. The second-order valence-corrected chi connectivity index (χ2v) is 6.17. The maximum absolute atomic E-state index is 11.2. The number of hydrogen-bond donors (Lipinski definition) is 2. The highest BCUT2D eigenvalue weighted by Crippen LogP contribution is 2.25. The van der Waals surface area contributed by atoms with Crippen molar-refractivity contribution in [2.24, 2.45) is 5.14 Å². The van der Waals surface area contributed by atoms with Crippen molar-refractivity contribution in [1.29, 1.82) is 0 Å². The monoisotopic (exact) mass is 290 g/mol. The summed E-state index contributed by atoms with van der Waals surface area (Å²) in [5.74, 6) is 0. The predicted octanol–water partition coefficient (Wildman–Crippen LogP) is 1.58. The Kier molecular flexibility index (Phi) is 4.11. The van der Waals surface area contributed by atoms with Gasteiger partial charge >= 0.3 is 0 Å². The van der Waals surface area contributed by atoms with Gasteiger partial charge in [0.15, 0.2) is 0 Å². The van der Waals surface area contributed by atoms with E-state index < -0.39 is 10.0 Å². The number of ether oxygens (including phenoxy) is 1. The van der Waals surface area contributed by atoms with Crippen LogP contribution in [0.4, 0.5) is 5.69 Å². The largest absolute Gasteiger partial charge is 0.381 e. The van der Waals surface area contributed by atoms with Crippen LogP contribution in [0.5, 0.6) is 0 Å². The molecule has 3 N–H and O–H groups in total. The smallest absolute Gasteiger partial charge is 0.238 e. The van der Waals surface area contributed by atoms with Gasteiger partial charge in [0.05, 0.1) is 21.7 Å². The molecule has 0 saturated carbocycles. The van der Waals surface area contributed by atoms with Crippen LogP contribution >= 0.6 is 11.6 Å². The van der Waals surface area contributed by atoms with Crippen LogP contribution in [0.25, 0.3) is 0 Å². The topological polar surface area (TPSA) is 81.4 Å². The highest BCUT2D eigenvalue weighted by atomic mass is 35.5. The minimum Gasteiger partial charge on any atom is -0.381 e. The molecule has 1 fully saturated rings. The molecule has 1 saturated heterocycles. The van der Waals surface area contributed by atoms with Gasteiger partial charge in [-0.3, -0.25) is 0 Å². The summed E-state index contributed by atoms with van der Waals surface area (Å²) >= 11 is 5.99. The molecule has 1 heterocycles. The number of hydrogen-bond acceptors (Lipinski definition) is 4. The minimum atomic E-state index is -3.71. The van der Waals surface area contributed by atoms with Crippen LogP contribution in [0.15, 0.2) is 23.1 Å². The van der Waals surface area contributed by atoms with Crippen molar-refractivity contribution < 1.29 is 13.2 Å². The SMILES string of the molecule is NS(=O)(=O)c1ccc(Cl)c(NCC2CCCO2)c1. The molecule has 18 heavy (non-hydrogen) atoms. The third-order valence-electron chi connectivity index (χ3n) is 2.81. The number of halogens is 1. The van der Waals surface area contributed by atoms with Gasteiger partial charge in [-0.25, -0.2) is 13.6 Å². The number of rotatable bonds is 4. The molecule has 7 heteroatoms. The fourth-order valence-corrected chi connectivity index (χ4v) is 2.57. The van der Waals surface area contributed by atoms with Crippen molar-refractivity contribution in [2.45, 2.75) is 23.8 Å². The van der Waals surface area contributed by atoms with Crippen LogP contribution in [0, 0.1) is 0 Å². The van der Waals surface area contributed by atoms with E-state index in [9.17, 15) is 8.42 Å². The molecule has 0 bridgehead atoms. The Hall–Kier alpha value is -0.820. The summed E-state index contributed by atoms with van der Waals surface area (Å²) in [6.07, 6.45) is 2.20. The Balaban J connectivity index is 2.11. The third kappa shape index (κ3) is 3.35. The van der Waals surface area contributed by atoms with Gasteiger partial charge in [-0.05, 0) is 31.0 Å². The fraction of sp³-hybridized carbons (Fsp3) is 0.455. The van der Waals surface area contributed by atoms with Gasteiger partial charge in [0.25, 0.3) is 0 Å². The highest BCUT2D eigenvalue weighted by Gasteiger charge is 2.16.